The highest BCUT2D eigenvalue weighted by atomic mass is 16.3. The van der Waals surface area contributed by atoms with Gasteiger partial charge < -0.3 is 20.6 Å². The third kappa shape index (κ3) is 1.03. The van der Waals surface area contributed by atoms with Gasteiger partial charge in [-0.05, 0) is 6.92 Å². The monoisotopic (exact) mass is 147 g/mol. The molecule has 3 atom stereocenters. The van der Waals surface area contributed by atoms with Crippen LogP contribution in [-0.4, -0.2) is 46.2 Å². The van der Waals surface area contributed by atoms with Crippen LogP contribution in [0.2, 0.25) is 0 Å². The molecule has 1 saturated heterocycles. The lowest BCUT2D eigenvalue weighted by atomic mass is 9.97. The van der Waals surface area contributed by atoms with E-state index in [9.17, 15) is 5.11 Å². The van der Waals surface area contributed by atoms with E-state index in [2.05, 4.69) is 5.32 Å². The summed E-state index contributed by atoms with van der Waals surface area (Å²) in [6.45, 7) is 1.86. The standard InChI is InChI=1S/C6H13NO3/c1-6(3-8)5(10)4(9)2-7-6/h4-5,7-10H,2-3H2,1H3/t4-,5-,6+/m1/s1. The van der Waals surface area contributed by atoms with E-state index in [-0.39, 0.29) is 6.61 Å². The van der Waals surface area contributed by atoms with Crippen LogP contribution in [0.5, 0.6) is 0 Å². The Morgan fingerprint density at radius 2 is 2.20 bits per heavy atom. The molecule has 1 heterocycles. The minimum absolute atomic E-state index is 0.161. The number of β-amino-alcohol motifs (C(OH)–C–C–N with tert-alkyl or cyclic N) is 1. The molecule has 1 aliphatic heterocycles. The fraction of sp³-hybridized carbons (Fsp3) is 1.00. The minimum Gasteiger partial charge on any atom is -0.394 e. The smallest absolute Gasteiger partial charge is 0.101 e. The highest BCUT2D eigenvalue weighted by Crippen LogP contribution is 2.18. The van der Waals surface area contributed by atoms with Crippen LogP contribution >= 0.6 is 0 Å². The van der Waals surface area contributed by atoms with Crippen LogP contribution < -0.4 is 5.32 Å². The first-order valence-electron chi connectivity index (χ1n) is 3.32. The predicted octanol–water partition coefficient (Wildman–Crippen LogP) is -1.94. The average molecular weight is 147 g/mol. The highest BCUT2D eigenvalue weighted by molar-refractivity contribution is 5.00. The summed E-state index contributed by atoms with van der Waals surface area (Å²) in [5, 5.41) is 29.9. The zero-order valence-corrected chi connectivity index (χ0v) is 5.91. The summed E-state index contributed by atoms with van der Waals surface area (Å²) >= 11 is 0. The fourth-order valence-electron chi connectivity index (χ4n) is 1.13. The van der Waals surface area contributed by atoms with Crippen LogP contribution in [-0.2, 0) is 0 Å². The van der Waals surface area contributed by atoms with Crippen molar-refractivity contribution in [1.82, 2.24) is 5.32 Å². The third-order valence-electron chi connectivity index (χ3n) is 2.06. The lowest BCUT2D eigenvalue weighted by Crippen LogP contribution is -2.49. The fourth-order valence-corrected chi connectivity index (χ4v) is 1.13. The largest absolute Gasteiger partial charge is 0.394 e. The number of aliphatic hydroxyl groups excluding tert-OH is 3. The summed E-state index contributed by atoms with van der Waals surface area (Å²) < 4.78 is 0. The van der Waals surface area contributed by atoms with Crippen molar-refractivity contribution >= 4 is 0 Å². The van der Waals surface area contributed by atoms with Crippen molar-refractivity contribution in [1.29, 1.82) is 0 Å². The molecule has 0 bridgehead atoms. The highest BCUT2D eigenvalue weighted by Gasteiger charge is 2.42. The molecule has 0 saturated carbocycles. The normalized spacial score (nSPS) is 48.0. The number of hydrogen-bond donors (Lipinski definition) is 4. The summed E-state index contributed by atoms with van der Waals surface area (Å²) in [5.74, 6) is 0. The topological polar surface area (TPSA) is 72.7 Å². The summed E-state index contributed by atoms with van der Waals surface area (Å²) in [7, 11) is 0. The molecule has 0 aliphatic carbocycles. The molecular weight excluding hydrogens is 134 g/mol. The van der Waals surface area contributed by atoms with E-state index in [0.29, 0.717) is 6.54 Å². The molecular formula is C6H13NO3. The number of rotatable bonds is 1. The SMILES string of the molecule is C[C@@]1(CO)NC[C@@H](O)[C@H]1O. The van der Waals surface area contributed by atoms with E-state index in [4.69, 9.17) is 10.2 Å². The lowest BCUT2D eigenvalue weighted by Gasteiger charge is -2.25. The second-order valence-electron chi connectivity index (χ2n) is 2.97. The Hall–Kier alpha value is -0.160. The van der Waals surface area contributed by atoms with Gasteiger partial charge in [0.1, 0.15) is 6.10 Å². The maximum absolute atomic E-state index is 9.24. The van der Waals surface area contributed by atoms with Gasteiger partial charge in [0.2, 0.25) is 0 Å². The molecule has 4 heteroatoms. The molecule has 0 aromatic rings. The van der Waals surface area contributed by atoms with Crippen LogP contribution in [0.25, 0.3) is 0 Å². The zero-order chi connectivity index (χ0) is 7.78. The van der Waals surface area contributed by atoms with Gasteiger partial charge in [-0.15, -0.1) is 0 Å². The quantitative estimate of drug-likeness (QED) is 0.348. The van der Waals surface area contributed by atoms with Gasteiger partial charge in [-0.1, -0.05) is 0 Å². The molecule has 1 aliphatic rings. The van der Waals surface area contributed by atoms with E-state index in [0.717, 1.165) is 0 Å². The van der Waals surface area contributed by atoms with Gasteiger partial charge in [-0.25, -0.2) is 0 Å². The van der Waals surface area contributed by atoms with E-state index >= 15 is 0 Å². The average Bonchev–Trinajstić information content (AvgIpc) is 2.19. The van der Waals surface area contributed by atoms with Gasteiger partial charge in [-0.2, -0.15) is 0 Å². The number of aliphatic hydroxyl groups is 3. The summed E-state index contributed by atoms with van der Waals surface area (Å²) in [6.07, 6.45) is -1.62. The molecule has 4 N–H and O–H groups in total. The van der Waals surface area contributed by atoms with Gasteiger partial charge in [-0.3, -0.25) is 0 Å². The maximum Gasteiger partial charge on any atom is 0.101 e. The molecule has 60 valence electrons. The Balaban J connectivity index is 2.64. The van der Waals surface area contributed by atoms with Crippen LogP contribution in [0.15, 0.2) is 0 Å². The first kappa shape index (κ1) is 7.94. The van der Waals surface area contributed by atoms with Crippen LogP contribution in [0.3, 0.4) is 0 Å². The molecule has 1 rings (SSSR count). The molecule has 0 aromatic heterocycles. The Labute approximate surface area is 59.5 Å². The van der Waals surface area contributed by atoms with E-state index in [1.807, 2.05) is 0 Å². The Morgan fingerprint density at radius 1 is 1.60 bits per heavy atom. The third-order valence-corrected chi connectivity index (χ3v) is 2.06. The molecule has 1 fully saturated rings. The van der Waals surface area contributed by atoms with Crippen molar-refractivity contribution in [2.24, 2.45) is 0 Å². The van der Waals surface area contributed by atoms with Crippen molar-refractivity contribution in [3.8, 4) is 0 Å². The maximum atomic E-state index is 9.24. The van der Waals surface area contributed by atoms with E-state index in [1.165, 1.54) is 0 Å². The zero-order valence-electron chi connectivity index (χ0n) is 5.91. The van der Waals surface area contributed by atoms with Crippen molar-refractivity contribution in [2.75, 3.05) is 13.2 Å². The van der Waals surface area contributed by atoms with Gasteiger partial charge in [0.25, 0.3) is 0 Å². The lowest BCUT2D eigenvalue weighted by molar-refractivity contribution is -0.00213. The van der Waals surface area contributed by atoms with Crippen molar-refractivity contribution in [2.45, 2.75) is 24.7 Å². The van der Waals surface area contributed by atoms with Gasteiger partial charge in [0, 0.05) is 6.54 Å². The van der Waals surface area contributed by atoms with Crippen molar-refractivity contribution < 1.29 is 15.3 Å². The first-order valence-corrected chi connectivity index (χ1v) is 3.32. The van der Waals surface area contributed by atoms with Crippen LogP contribution in [0.4, 0.5) is 0 Å². The number of hydrogen-bond acceptors (Lipinski definition) is 4. The van der Waals surface area contributed by atoms with Gasteiger partial charge >= 0.3 is 0 Å². The molecule has 4 nitrogen and oxygen atoms in total. The van der Waals surface area contributed by atoms with Crippen LogP contribution in [0.1, 0.15) is 6.92 Å². The Morgan fingerprint density at radius 3 is 2.40 bits per heavy atom. The summed E-state index contributed by atoms with van der Waals surface area (Å²) in [6, 6.07) is 0. The van der Waals surface area contributed by atoms with Gasteiger partial charge in [0.05, 0.1) is 18.2 Å². The van der Waals surface area contributed by atoms with E-state index in [1.54, 1.807) is 6.92 Å². The Bertz CT molecular complexity index is 130. The molecule has 0 amide bonds. The first-order chi connectivity index (χ1) is 4.60. The molecule has 10 heavy (non-hydrogen) atoms. The second-order valence-corrected chi connectivity index (χ2v) is 2.97. The van der Waals surface area contributed by atoms with Crippen LogP contribution in [0, 0.1) is 0 Å². The Kier molecular flexibility index (Phi) is 1.96. The number of nitrogens with one attached hydrogen (secondary N) is 1. The molecule has 0 unspecified atom stereocenters. The van der Waals surface area contributed by atoms with Crippen molar-refractivity contribution in [3.05, 3.63) is 0 Å². The van der Waals surface area contributed by atoms with Crippen molar-refractivity contribution in [3.63, 3.8) is 0 Å². The van der Waals surface area contributed by atoms with E-state index < -0.39 is 17.7 Å². The molecule has 0 aromatic carbocycles. The molecule has 0 spiro atoms. The summed E-state index contributed by atoms with van der Waals surface area (Å²) in [4.78, 5) is 0. The second kappa shape index (κ2) is 2.47. The van der Waals surface area contributed by atoms with Gasteiger partial charge in [0.15, 0.2) is 0 Å². The molecule has 0 radical (unpaired) electrons. The minimum atomic E-state index is -0.863. The summed E-state index contributed by atoms with van der Waals surface area (Å²) in [5.41, 5.74) is -0.723. The predicted molar refractivity (Wildman–Crippen MR) is 35.5 cm³/mol.